The molecule has 1 aromatic carbocycles. The van der Waals surface area contributed by atoms with Gasteiger partial charge in [0.05, 0.1) is 11.0 Å². The Bertz CT molecular complexity index is 447. The summed E-state index contributed by atoms with van der Waals surface area (Å²) in [5, 5.41) is 3.25. The second kappa shape index (κ2) is 4.21. The zero-order valence-corrected chi connectivity index (χ0v) is 8.88. The molecule has 4 nitrogen and oxygen atoms in total. The lowest BCUT2D eigenvalue weighted by atomic mass is 10.3. The number of nitrogens with zero attached hydrogens (tertiary/aromatic N) is 1. The minimum Gasteiger partial charge on any atom is -0.399 e. The van der Waals surface area contributed by atoms with Crippen molar-refractivity contribution in [3.05, 3.63) is 18.2 Å². The second-order valence-corrected chi connectivity index (χ2v) is 3.64. The van der Waals surface area contributed by atoms with Gasteiger partial charge in [0.1, 0.15) is 0 Å². The number of H-pyrrole nitrogens is 1. The zero-order valence-electron chi connectivity index (χ0n) is 8.88. The summed E-state index contributed by atoms with van der Waals surface area (Å²) < 4.78 is 0. The van der Waals surface area contributed by atoms with E-state index in [9.17, 15) is 0 Å². The predicted octanol–water partition coefficient (Wildman–Crippen LogP) is 2.36. The topological polar surface area (TPSA) is 66.7 Å². The molecule has 0 saturated heterocycles. The van der Waals surface area contributed by atoms with E-state index in [4.69, 9.17) is 5.73 Å². The van der Waals surface area contributed by atoms with Crippen molar-refractivity contribution in [1.82, 2.24) is 9.97 Å². The maximum Gasteiger partial charge on any atom is 0.201 e. The first-order chi connectivity index (χ1) is 7.29. The quantitative estimate of drug-likeness (QED) is 0.529. The fourth-order valence-electron chi connectivity index (χ4n) is 1.49. The van der Waals surface area contributed by atoms with Crippen molar-refractivity contribution < 1.29 is 0 Å². The molecule has 0 atom stereocenters. The van der Waals surface area contributed by atoms with Crippen molar-refractivity contribution in [2.24, 2.45) is 0 Å². The van der Waals surface area contributed by atoms with Crippen LogP contribution in [0.4, 0.5) is 11.6 Å². The Morgan fingerprint density at radius 2 is 2.33 bits per heavy atom. The number of nitrogens with one attached hydrogen (secondary N) is 2. The number of anilines is 2. The summed E-state index contributed by atoms with van der Waals surface area (Å²) in [6.07, 6.45) is 2.33. The first-order valence-corrected chi connectivity index (χ1v) is 5.28. The van der Waals surface area contributed by atoms with Crippen LogP contribution in [-0.2, 0) is 0 Å². The van der Waals surface area contributed by atoms with E-state index in [1.54, 1.807) is 0 Å². The maximum absolute atomic E-state index is 5.69. The first kappa shape index (κ1) is 9.83. The van der Waals surface area contributed by atoms with Crippen molar-refractivity contribution in [2.75, 3.05) is 17.6 Å². The summed E-state index contributed by atoms with van der Waals surface area (Å²) in [6, 6.07) is 5.68. The lowest BCUT2D eigenvalue weighted by Gasteiger charge is -1.98. The third kappa shape index (κ3) is 2.21. The zero-order chi connectivity index (χ0) is 10.7. The van der Waals surface area contributed by atoms with Gasteiger partial charge in [-0.15, -0.1) is 0 Å². The number of hydrogen-bond donors (Lipinski definition) is 3. The molecule has 80 valence electrons. The summed E-state index contributed by atoms with van der Waals surface area (Å²) in [6.45, 7) is 3.12. The van der Waals surface area contributed by atoms with Crippen LogP contribution in [0.25, 0.3) is 11.0 Å². The molecule has 1 heterocycles. The molecule has 1 aromatic heterocycles. The number of imidazole rings is 1. The van der Waals surface area contributed by atoms with Gasteiger partial charge in [0.15, 0.2) is 0 Å². The highest BCUT2D eigenvalue weighted by atomic mass is 15.1. The lowest BCUT2D eigenvalue weighted by Crippen LogP contribution is -2.01. The van der Waals surface area contributed by atoms with Gasteiger partial charge in [-0.1, -0.05) is 13.3 Å². The van der Waals surface area contributed by atoms with Crippen LogP contribution in [0.15, 0.2) is 18.2 Å². The average Bonchev–Trinajstić information content (AvgIpc) is 2.60. The molecule has 0 fully saturated rings. The molecule has 0 spiro atoms. The standard InChI is InChI=1S/C11H16N4/c1-2-3-6-13-11-14-9-5-4-8(12)7-10(9)15-11/h4-5,7H,2-3,6,12H2,1H3,(H2,13,14,15). The largest absolute Gasteiger partial charge is 0.399 e. The van der Waals surface area contributed by atoms with Gasteiger partial charge < -0.3 is 16.0 Å². The van der Waals surface area contributed by atoms with Gasteiger partial charge in [-0.25, -0.2) is 4.98 Å². The van der Waals surface area contributed by atoms with E-state index in [1.165, 1.54) is 6.42 Å². The van der Waals surface area contributed by atoms with E-state index in [0.717, 1.165) is 35.6 Å². The van der Waals surface area contributed by atoms with E-state index < -0.39 is 0 Å². The molecule has 4 N–H and O–H groups in total. The van der Waals surface area contributed by atoms with Crippen LogP contribution in [0.3, 0.4) is 0 Å². The molecule has 0 unspecified atom stereocenters. The van der Waals surface area contributed by atoms with Crippen LogP contribution in [0, 0.1) is 0 Å². The number of benzene rings is 1. The predicted molar refractivity (Wildman–Crippen MR) is 63.9 cm³/mol. The molecule has 2 aromatic rings. The Morgan fingerprint density at radius 3 is 3.13 bits per heavy atom. The van der Waals surface area contributed by atoms with Gasteiger partial charge in [0.2, 0.25) is 5.95 Å². The van der Waals surface area contributed by atoms with Crippen molar-refractivity contribution in [1.29, 1.82) is 0 Å². The highest BCUT2D eigenvalue weighted by molar-refractivity contribution is 5.80. The first-order valence-electron chi connectivity index (χ1n) is 5.28. The number of aromatic nitrogens is 2. The summed E-state index contributed by atoms with van der Waals surface area (Å²) in [5.41, 5.74) is 8.37. The molecular formula is C11H16N4. The highest BCUT2D eigenvalue weighted by Crippen LogP contribution is 2.16. The third-order valence-corrected chi connectivity index (χ3v) is 2.33. The van der Waals surface area contributed by atoms with Crippen LogP contribution in [0.1, 0.15) is 19.8 Å². The maximum atomic E-state index is 5.69. The normalized spacial score (nSPS) is 10.7. The smallest absolute Gasteiger partial charge is 0.201 e. The fourth-order valence-corrected chi connectivity index (χ4v) is 1.49. The molecule has 0 aliphatic carbocycles. The minimum atomic E-state index is 0.756. The fraction of sp³-hybridized carbons (Fsp3) is 0.364. The Balaban J connectivity index is 2.16. The SMILES string of the molecule is CCCCNc1nc2ccc(N)cc2[nH]1. The Morgan fingerprint density at radius 1 is 1.47 bits per heavy atom. The van der Waals surface area contributed by atoms with Gasteiger partial charge in [-0.2, -0.15) is 0 Å². The van der Waals surface area contributed by atoms with E-state index in [-0.39, 0.29) is 0 Å². The summed E-state index contributed by atoms with van der Waals surface area (Å²) in [5.74, 6) is 0.823. The van der Waals surface area contributed by atoms with Gasteiger partial charge in [-0.05, 0) is 24.6 Å². The summed E-state index contributed by atoms with van der Waals surface area (Å²) >= 11 is 0. The monoisotopic (exact) mass is 204 g/mol. The number of unbranched alkanes of at least 4 members (excludes halogenated alkanes) is 1. The van der Waals surface area contributed by atoms with E-state index >= 15 is 0 Å². The van der Waals surface area contributed by atoms with Gasteiger partial charge in [0, 0.05) is 12.2 Å². The van der Waals surface area contributed by atoms with Crippen molar-refractivity contribution in [2.45, 2.75) is 19.8 Å². The molecule has 2 rings (SSSR count). The number of nitrogens with two attached hydrogens (primary N) is 1. The number of rotatable bonds is 4. The van der Waals surface area contributed by atoms with Crippen LogP contribution in [0.5, 0.6) is 0 Å². The molecule has 0 bridgehead atoms. The third-order valence-electron chi connectivity index (χ3n) is 2.33. The van der Waals surface area contributed by atoms with Crippen LogP contribution in [0.2, 0.25) is 0 Å². The van der Waals surface area contributed by atoms with Crippen LogP contribution in [-0.4, -0.2) is 16.5 Å². The van der Waals surface area contributed by atoms with Gasteiger partial charge in [0.25, 0.3) is 0 Å². The number of aromatic amines is 1. The Hall–Kier alpha value is -1.71. The molecule has 0 aliphatic rings. The molecule has 0 aliphatic heterocycles. The van der Waals surface area contributed by atoms with Crippen LogP contribution < -0.4 is 11.1 Å². The van der Waals surface area contributed by atoms with Crippen molar-refractivity contribution >= 4 is 22.7 Å². The number of hydrogen-bond acceptors (Lipinski definition) is 3. The number of nitrogen functional groups attached to an aromatic ring is 1. The van der Waals surface area contributed by atoms with E-state index in [0.29, 0.717) is 0 Å². The Labute approximate surface area is 88.9 Å². The molecule has 0 amide bonds. The minimum absolute atomic E-state index is 0.756. The summed E-state index contributed by atoms with van der Waals surface area (Å²) in [4.78, 5) is 7.60. The van der Waals surface area contributed by atoms with Gasteiger partial charge >= 0.3 is 0 Å². The van der Waals surface area contributed by atoms with E-state index in [2.05, 4.69) is 22.2 Å². The average molecular weight is 204 g/mol. The molecule has 0 radical (unpaired) electrons. The number of fused-ring (bicyclic) bond motifs is 1. The van der Waals surface area contributed by atoms with Gasteiger partial charge in [-0.3, -0.25) is 0 Å². The summed E-state index contributed by atoms with van der Waals surface area (Å²) in [7, 11) is 0. The molecule has 4 heteroatoms. The van der Waals surface area contributed by atoms with Crippen LogP contribution >= 0.6 is 0 Å². The lowest BCUT2D eigenvalue weighted by molar-refractivity contribution is 0.829. The van der Waals surface area contributed by atoms with E-state index in [1.807, 2.05) is 18.2 Å². The molecule has 15 heavy (non-hydrogen) atoms. The highest BCUT2D eigenvalue weighted by Gasteiger charge is 2.01. The second-order valence-electron chi connectivity index (χ2n) is 3.64. The van der Waals surface area contributed by atoms with Crippen molar-refractivity contribution in [3.63, 3.8) is 0 Å². The molecular weight excluding hydrogens is 188 g/mol. The Kier molecular flexibility index (Phi) is 2.76. The molecule has 0 saturated carbocycles. The van der Waals surface area contributed by atoms with Crippen molar-refractivity contribution in [3.8, 4) is 0 Å².